The van der Waals surface area contributed by atoms with Crippen LogP contribution in [0.4, 0.5) is 10.8 Å². The van der Waals surface area contributed by atoms with Gasteiger partial charge in [-0.2, -0.15) is 0 Å². The maximum atomic E-state index is 12.3. The zero-order chi connectivity index (χ0) is 17.3. The van der Waals surface area contributed by atoms with Crippen molar-refractivity contribution in [2.24, 2.45) is 0 Å². The SMILES string of the molecule is Cc1ccc(C(=O)Nc2nc(-c3ccc(Cl)s3)cs2)cc1[N+](=O)[O-]. The summed E-state index contributed by atoms with van der Waals surface area (Å²) in [5.74, 6) is -0.441. The Balaban J connectivity index is 1.79. The molecule has 1 amide bonds. The van der Waals surface area contributed by atoms with E-state index in [1.54, 1.807) is 25.1 Å². The molecule has 0 fully saturated rings. The summed E-state index contributed by atoms with van der Waals surface area (Å²) in [5, 5.41) is 15.9. The summed E-state index contributed by atoms with van der Waals surface area (Å²) in [7, 11) is 0. The second-order valence-corrected chi connectivity index (χ2v) is 7.43. The van der Waals surface area contributed by atoms with Crippen LogP contribution in [0.15, 0.2) is 35.7 Å². The molecule has 9 heteroatoms. The molecule has 0 bridgehead atoms. The lowest BCUT2D eigenvalue weighted by Crippen LogP contribution is -2.12. The monoisotopic (exact) mass is 379 g/mol. The van der Waals surface area contributed by atoms with Crippen LogP contribution < -0.4 is 5.32 Å². The average molecular weight is 380 g/mol. The first kappa shape index (κ1) is 16.6. The number of carbonyl (C=O) groups excluding carboxylic acids is 1. The van der Waals surface area contributed by atoms with Crippen molar-refractivity contribution in [3.63, 3.8) is 0 Å². The van der Waals surface area contributed by atoms with Crippen LogP contribution in [-0.4, -0.2) is 15.8 Å². The Morgan fingerprint density at radius 1 is 1.33 bits per heavy atom. The molecular weight excluding hydrogens is 370 g/mol. The van der Waals surface area contributed by atoms with Gasteiger partial charge in [0.1, 0.15) is 0 Å². The van der Waals surface area contributed by atoms with Crippen molar-refractivity contribution in [1.29, 1.82) is 0 Å². The largest absolute Gasteiger partial charge is 0.298 e. The van der Waals surface area contributed by atoms with E-state index in [1.807, 2.05) is 11.4 Å². The fourth-order valence-electron chi connectivity index (χ4n) is 2.01. The van der Waals surface area contributed by atoms with E-state index >= 15 is 0 Å². The Labute approximate surface area is 149 Å². The molecule has 2 heterocycles. The van der Waals surface area contributed by atoms with E-state index in [2.05, 4.69) is 10.3 Å². The van der Waals surface area contributed by atoms with Gasteiger partial charge in [0.25, 0.3) is 11.6 Å². The van der Waals surface area contributed by atoms with Crippen LogP contribution >= 0.6 is 34.3 Å². The van der Waals surface area contributed by atoms with E-state index in [0.29, 0.717) is 15.0 Å². The topological polar surface area (TPSA) is 85.1 Å². The average Bonchev–Trinajstić information content (AvgIpc) is 3.16. The number of rotatable bonds is 4. The van der Waals surface area contributed by atoms with E-state index in [1.165, 1.54) is 28.7 Å². The Morgan fingerprint density at radius 2 is 2.12 bits per heavy atom. The summed E-state index contributed by atoms with van der Waals surface area (Å²) < 4.78 is 0.663. The lowest BCUT2D eigenvalue weighted by atomic mass is 10.1. The quantitative estimate of drug-likeness (QED) is 0.511. The summed E-state index contributed by atoms with van der Waals surface area (Å²) in [4.78, 5) is 28.0. The van der Waals surface area contributed by atoms with Crippen LogP contribution in [-0.2, 0) is 0 Å². The molecule has 1 N–H and O–H groups in total. The van der Waals surface area contributed by atoms with Crippen LogP contribution in [0.3, 0.4) is 0 Å². The highest BCUT2D eigenvalue weighted by molar-refractivity contribution is 7.20. The Morgan fingerprint density at radius 3 is 2.79 bits per heavy atom. The van der Waals surface area contributed by atoms with Crippen molar-refractivity contribution in [2.75, 3.05) is 5.32 Å². The number of thiophene rings is 1. The van der Waals surface area contributed by atoms with E-state index in [9.17, 15) is 14.9 Å². The van der Waals surface area contributed by atoms with Gasteiger partial charge in [0.15, 0.2) is 5.13 Å². The van der Waals surface area contributed by atoms with Gasteiger partial charge in [-0.05, 0) is 25.1 Å². The second kappa shape index (κ2) is 6.68. The van der Waals surface area contributed by atoms with Crippen molar-refractivity contribution >= 4 is 51.0 Å². The van der Waals surface area contributed by atoms with Crippen molar-refractivity contribution in [2.45, 2.75) is 6.92 Å². The maximum absolute atomic E-state index is 12.3. The summed E-state index contributed by atoms with van der Waals surface area (Å²) in [6.45, 7) is 1.62. The Bertz CT molecular complexity index is 936. The normalized spacial score (nSPS) is 10.6. The van der Waals surface area contributed by atoms with Crippen LogP contribution in [0, 0.1) is 17.0 Å². The van der Waals surface area contributed by atoms with Gasteiger partial charge in [-0.3, -0.25) is 20.2 Å². The molecule has 6 nitrogen and oxygen atoms in total. The number of amides is 1. The fraction of sp³-hybridized carbons (Fsp3) is 0.0667. The minimum Gasteiger partial charge on any atom is -0.298 e. The number of nitro benzene ring substituents is 1. The molecule has 0 atom stereocenters. The van der Waals surface area contributed by atoms with Crippen LogP contribution in [0.25, 0.3) is 10.6 Å². The van der Waals surface area contributed by atoms with E-state index in [4.69, 9.17) is 11.6 Å². The maximum Gasteiger partial charge on any atom is 0.273 e. The van der Waals surface area contributed by atoms with Gasteiger partial charge in [-0.15, -0.1) is 22.7 Å². The number of nitrogens with zero attached hydrogens (tertiary/aromatic N) is 2. The predicted octanol–water partition coefficient (Wildman–Crippen LogP) is 4.99. The molecule has 0 spiro atoms. The number of benzene rings is 1. The number of hydrogen-bond acceptors (Lipinski definition) is 6. The number of carbonyl (C=O) groups is 1. The number of nitro groups is 1. The van der Waals surface area contributed by atoms with Gasteiger partial charge in [-0.25, -0.2) is 4.98 Å². The summed E-state index contributed by atoms with van der Waals surface area (Å²) >= 11 is 8.58. The zero-order valence-corrected chi connectivity index (χ0v) is 14.7. The lowest BCUT2D eigenvalue weighted by molar-refractivity contribution is -0.385. The van der Waals surface area contributed by atoms with E-state index in [-0.39, 0.29) is 11.3 Å². The first-order valence-electron chi connectivity index (χ1n) is 6.71. The van der Waals surface area contributed by atoms with Crippen LogP contribution in [0.1, 0.15) is 15.9 Å². The first-order valence-corrected chi connectivity index (χ1v) is 8.79. The third-order valence-electron chi connectivity index (χ3n) is 3.22. The molecule has 3 rings (SSSR count). The van der Waals surface area contributed by atoms with E-state index in [0.717, 1.165) is 10.6 Å². The molecule has 0 aliphatic rings. The molecular formula is C15H10ClN3O3S2. The summed E-state index contributed by atoms with van der Waals surface area (Å²) in [6, 6.07) is 8.00. The summed E-state index contributed by atoms with van der Waals surface area (Å²) in [5.41, 5.74) is 1.35. The number of aromatic nitrogens is 1. The molecule has 2 aromatic heterocycles. The van der Waals surface area contributed by atoms with E-state index < -0.39 is 10.8 Å². The molecule has 24 heavy (non-hydrogen) atoms. The Hall–Kier alpha value is -2.29. The smallest absolute Gasteiger partial charge is 0.273 e. The van der Waals surface area contributed by atoms with Crippen molar-refractivity contribution in [1.82, 2.24) is 4.98 Å². The number of hydrogen-bond donors (Lipinski definition) is 1. The zero-order valence-electron chi connectivity index (χ0n) is 12.3. The molecule has 0 unspecified atom stereocenters. The number of anilines is 1. The molecule has 0 saturated carbocycles. The second-order valence-electron chi connectivity index (χ2n) is 4.85. The molecule has 0 aliphatic carbocycles. The number of thiazole rings is 1. The standard InChI is InChI=1S/C15H10ClN3O3S2/c1-8-2-3-9(6-11(8)19(21)22)14(20)18-15-17-10(7-23-15)12-4-5-13(16)24-12/h2-7H,1H3,(H,17,18,20). The first-order chi connectivity index (χ1) is 11.4. The van der Waals surface area contributed by atoms with Crippen molar-refractivity contribution in [3.8, 4) is 10.6 Å². The molecule has 1 aromatic carbocycles. The summed E-state index contributed by atoms with van der Waals surface area (Å²) in [6.07, 6.45) is 0. The van der Waals surface area contributed by atoms with Crippen LogP contribution in [0.2, 0.25) is 4.34 Å². The molecule has 0 saturated heterocycles. The predicted molar refractivity (Wildman–Crippen MR) is 96.2 cm³/mol. The van der Waals surface area contributed by atoms with Gasteiger partial charge < -0.3 is 0 Å². The number of nitrogens with one attached hydrogen (secondary N) is 1. The highest BCUT2D eigenvalue weighted by Crippen LogP contribution is 2.33. The minimum atomic E-state index is -0.506. The molecule has 0 radical (unpaired) electrons. The highest BCUT2D eigenvalue weighted by Gasteiger charge is 2.16. The Kier molecular flexibility index (Phi) is 4.61. The molecule has 0 aliphatic heterocycles. The van der Waals surface area contributed by atoms with Crippen molar-refractivity contribution < 1.29 is 9.72 Å². The third kappa shape index (κ3) is 3.45. The number of aryl methyl sites for hydroxylation is 1. The van der Waals surface area contributed by atoms with Gasteiger partial charge in [-0.1, -0.05) is 17.7 Å². The van der Waals surface area contributed by atoms with Gasteiger partial charge in [0, 0.05) is 22.6 Å². The van der Waals surface area contributed by atoms with Gasteiger partial charge >= 0.3 is 0 Å². The van der Waals surface area contributed by atoms with Gasteiger partial charge in [0.2, 0.25) is 0 Å². The highest BCUT2D eigenvalue weighted by atomic mass is 35.5. The lowest BCUT2D eigenvalue weighted by Gasteiger charge is -2.03. The fourth-order valence-corrected chi connectivity index (χ4v) is 3.80. The van der Waals surface area contributed by atoms with Crippen molar-refractivity contribution in [3.05, 3.63) is 61.3 Å². The minimum absolute atomic E-state index is 0.0873. The number of halogens is 1. The van der Waals surface area contributed by atoms with Crippen LogP contribution in [0.5, 0.6) is 0 Å². The molecule has 122 valence electrons. The molecule has 3 aromatic rings. The van der Waals surface area contributed by atoms with Gasteiger partial charge in [0.05, 0.1) is 19.8 Å². The third-order valence-corrected chi connectivity index (χ3v) is 5.23.